The number of hydrogen-bond acceptors (Lipinski definition) is 7. The summed E-state index contributed by atoms with van der Waals surface area (Å²) in [6.45, 7) is 10.1. The molecule has 0 atom stereocenters. The van der Waals surface area contributed by atoms with E-state index in [0.717, 1.165) is 30.4 Å². The second-order valence-electron chi connectivity index (χ2n) is 14.4. The van der Waals surface area contributed by atoms with Crippen LogP contribution in [0.2, 0.25) is 0 Å². The first-order valence-corrected chi connectivity index (χ1v) is 16.5. The van der Waals surface area contributed by atoms with Gasteiger partial charge < -0.3 is 19.3 Å². The molecule has 2 amide bonds. The lowest BCUT2D eigenvalue weighted by molar-refractivity contribution is -0.121. The number of nitriles is 1. The normalized spacial score (nSPS) is 17.4. The van der Waals surface area contributed by atoms with Crippen molar-refractivity contribution in [1.29, 1.82) is 5.26 Å². The summed E-state index contributed by atoms with van der Waals surface area (Å²) in [5, 5.41) is 15.9. The third-order valence-corrected chi connectivity index (χ3v) is 8.96. The highest BCUT2D eigenvalue weighted by atomic mass is 19.2. The minimum Gasteiger partial charge on any atom is -0.482 e. The third kappa shape index (κ3) is 6.93. The van der Waals surface area contributed by atoms with Crippen molar-refractivity contribution in [2.75, 3.05) is 18.6 Å². The predicted octanol–water partition coefficient (Wildman–Crippen LogP) is 7.02. The second-order valence-corrected chi connectivity index (χ2v) is 14.4. The van der Waals surface area contributed by atoms with E-state index in [4.69, 9.17) is 19.6 Å². The van der Waals surface area contributed by atoms with Gasteiger partial charge in [0.2, 0.25) is 0 Å². The molecule has 49 heavy (non-hydrogen) atoms. The number of hydrogen-bond donors (Lipinski definition) is 0. The third-order valence-electron chi connectivity index (χ3n) is 8.96. The van der Waals surface area contributed by atoms with Crippen molar-refractivity contribution in [2.45, 2.75) is 78.6 Å². The van der Waals surface area contributed by atoms with Gasteiger partial charge in [0.15, 0.2) is 23.9 Å². The molecule has 0 unspecified atom stereocenters. The number of carbonyl (C=O) groups is 2. The van der Waals surface area contributed by atoms with E-state index >= 15 is 0 Å². The summed E-state index contributed by atoms with van der Waals surface area (Å²) in [4.78, 5) is 33.6. The Morgan fingerprint density at radius 3 is 2.59 bits per heavy atom. The van der Waals surface area contributed by atoms with Gasteiger partial charge in [0, 0.05) is 30.6 Å². The van der Waals surface area contributed by atoms with E-state index in [0.29, 0.717) is 58.0 Å². The van der Waals surface area contributed by atoms with Crippen molar-refractivity contribution < 1.29 is 27.8 Å². The summed E-state index contributed by atoms with van der Waals surface area (Å²) in [6, 6.07) is 11.4. The van der Waals surface area contributed by atoms with Crippen LogP contribution in [0, 0.1) is 34.8 Å². The summed E-state index contributed by atoms with van der Waals surface area (Å²) in [5.74, 6) is -1.31. The van der Waals surface area contributed by atoms with Gasteiger partial charge in [-0.15, -0.1) is 0 Å². The van der Waals surface area contributed by atoms with Crippen molar-refractivity contribution in [1.82, 2.24) is 19.7 Å². The van der Waals surface area contributed by atoms with Crippen molar-refractivity contribution >= 4 is 28.7 Å². The zero-order chi connectivity index (χ0) is 35.2. The molecule has 0 spiro atoms. The Bertz CT molecular complexity index is 1970. The fourth-order valence-corrected chi connectivity index (χ4v) is 6.47. The predicted molar refractivity (Wildman–Crippen MR) is 180 cm³/mol. The van der Waals surface area contributed by atoms with E-state index in [1.165, 1.54) is 11.0 Å². The number of rotatable bonds is 8. The number of pyridine rings is 1. The zero-order valence-electron chi connectivity index (χ0n) is 28.6. The first-order valence-electron chi connectivity index (χ1n) is 16.5. The number of benzene rings is 2. The van der Waals surface area contributed by atoms with Gasteiger partial charge in [0.1, 0.15) is 17.4 Å². The number of anilines is 1. The van der Waals surface area contributed by atoms with Gasteiger partial charge >= 0.3 is 6.09 Å². The van der Waals surface area contributed by atoms with Gasteiger partial charge in [-0.1, -0.05) is 26.0 Å². The molecule has 12 heteroatoms. The molecule has 2 aromatic carbocycles. The molecule has 0 saturated heterocycles. The van der Waals surface area contributed by atoms with Crippen molar-refractivity contribution in [2.24, 2.45) is 11.8 Å². The van der Waals surface area contributed by atoms with Gasteiger partial charge in [0.25, 0.3) is 5.91 Å². The van der Waals surface area contributed by atoms with E-state index < -0.39 is 17.2 Å². The molecule has 0 radical (unpaired) electrons. The topological polar surface area (TPSA) is 114 Å². The molecular formula is C37H40F2N6O4. The Balaban J connectivity index is 1.32. The number of carbonyl (C=O) groups excluding carboxylic acids is 2. The van der Waals surface area contributed by atoms with Crippen molar-refractivity contribution in [3.05, 3.63) is 71.1 Å². The quantitative estimate of drug-likeness (QED) is 0.198. The molecule has 6 rings (SSSR count). The lowest BCUT2D eigenvalue weighted by atomic mass is 9.79. The summed E-state index contributed by atoms with van der Waals surface area (Å²) >= 11 is 0. The smallest absolute Gasteiger partial charge is 0.410 e. The molecule has 0 bridgehead atoms. The molecule has 1 fully saturated rings. The van der Waals surface area contributed by atoms with Gasteiger partial charge in [-0.2, -0.15) is 10.4 Å². The van der Waals surface area contributed by atoms with Crippen LogP contribution in [-0.4, -0.2) is 57.0 Å². The SMILES string of the molecule is CC(C)Cc1nc2c(cnn2CC2CC(N(C)C(=O)OC(C)(C)C)C2)c(-c2ccc3c(c2)OCC(=O)N3Cc2ccc(F)c(F)c2)c1C#N. The summed E-state index contributed by atoms with van der Waals surface area (Å²) in [5.41, 5.74) is 3.54. The van der Waals surface area contributed by atoms with Crippen LogP contribution in [0.4, 0.5) is 19.3 Å². The number of aromatic nitrogens is 3. The van der Waals surface area contributed by atoms with Crippen LogP contribution in [0.15, 0.2) is 42.6 Å². The van der Waals surface area contributed by atoms with Crippen LogP contribution in [0.5, 0.6) is 5.75 Å². The second kappa shape index (κ2) is 13.1. The maximum absolute atomic E-state index is 13.9. The molecule has 10 nitrogen and oxygen atoms in total. The Kier molecular flexibility index (Phi) is 9.05. The van der Waals surface area contributed by atoms with Crippen molar-refractivity contribution in [3.8, 4) is 22.9 Å². The molecule has 0 N–H and O–H groups in total. The zero-order valence-corrected chi connectivity index (χ0v) is 28.6. The van der Waals surface area contributed by atoms with Crippen LogP contribution < -0.4 is 9.64 Å². The van der Waals surface area contributed by atoms with Gasteiger partial charge in [-0.25, -0.2) is 23.2 Å². The Hall–Kier alpha value is -5.05. The molecule has 1 aliphatic carbocycles. The first kappa shape index (κ1) is 33.8. The minimum atomic E-state index is -0.984. The average Bonchev–Trinajstić information content (AvgIpc) is 3.41. The molecule has 1 saturated carbocycles. The molecule has 2 aromatic heterocycles. The van der Waals surface area contributed by atoms with E-state index in [1.807, 2.05) is 31.5 Å². The monoisotopic (exact) mass is 670 g/mol. The Morgan fingerprint density at radius 1 is 1.16 bits per heavy atom. The van der Waals surface area contributed by atoms with Crippen LogP contribution in [0.1, 0.15) is 64.3 Å². The minimum absolute atomic E-state index is 0.0373. The number of fused-ring (bicyclic) bond motifs is 2. The van der Waals surface area contributed by atoms with E-state index in [9.17, 15) is 23.6 Å². The van der Waals surface area contributed by atoms with E-state index in [-0.39, 0.29) is 43.0 Å². The number of ether oxygens (including phenoxy) is 2. The van der Waals surface area contributed by atoms with Gasteiger partial charge in [-0.3, -0.25) is 4.79 Å². The molecule has 256 valence electrons. The number of halogens is 2. The number of amides is 2. The molecule has 2 aliphatic rings. The fourth-order valence-electron chi connectivity index (χ4n) is 6.47. The molecule has 4 aromatic rings. The summed E-state index contributed by atoms with van der Waals surface area (Å²) < 4.78 is 40.8. The Morgan fingerprint density at radius 2 is 1.92 bits per heavy atom. The highest BCUT2D eigenvalue weighted by Gasteiger charge is 2.37. The highest BCUT2D eigenvalue weighted by Crippen LogP contribution is 2.41. The number of nitrogens with zero attached hydrogens (tertiary/aromatic N) is 6. The fraction of sp³-hybridized carbons (Fsp3) is 0.432. The lowest BCUT2D eigenvalue weighted by Crippen LogP contribution is -2.48. The van der Waals surface area contributed by atoms with Crippen LogP contribution >= 0.6 is 0 Å². The molecular weight excluding hydrogens is 630 g/mol. The van der Waals surface area contributed by atoms with Crippen molar-refractivity contribution in [3.63, 3.8) is 0 Å². The summed E-state index contributed by atoms with van der Waals surface area (Å²) in [7, 11) is 1.77. The summed E-state index contributed by atoms with van der Waals surface area (Å²) in [6.07, 6.45) is 3.60. The average molecular weight is 671 g/mol. The van der Waals surface area contributed by atoms with Crippen LogP contribution in [0.25, 0.3) is 22.2 Å². The van der Waals surface area contributed by atoms with E-state index in [2.05, 4.69) is 19.9 Å². The first-order chi connectivity index (χ1) is 23.2. The Labute approximate surface area is 284 Å². The largest absolute Gasteiger partial charge is 0.482 e. The van der Waals surface area contributed by atoms with Gasteiger partial charge in [0.05, 0.1) is 29.7 Å². The molecule has 3 heterocycles. The van der Waals surface area contributed by atoms with E-state index in [1.54, 1.807) is 30.3 Å². The van der Waals surface area contributed by atoms with Crippen LogP contribution in [0.3, 0.4) is 0 Å². The lowest BCUT2D eigenvalue weighted by Gasteiger charge is -2.41. The standard InChI is InChI=1S/C37H40F2N6O4/c1-21(2)11-30-26(16-40)34(24-8-10-31-32(15-24)48-20-33(46)44(31)18-22-7-9-28(38)29(39)14-22)27-17-41-45(35(27)42-30)19-23-12-25(13-23)43(6)36(47)49-37(3,4)5/h7-10,14-15,17,21,23,25H,11-13,18-20H2,1-6H3. The van der Waals surface area contributed by atoms with Crippen LogP contribution in [-0.2, 0) is 29.0 Å². The molecule has 1 aliphatic heterocycles. The highest BCUT2D eigenvalue weighted by molar-refractivity contribution is 6.00. The van der Waals surface area contributed by atoms with Gasteiger partial charge in [-0.05, 0) is 87.3 Å². The maximum Gasteiger partial charge on any atom is 0.410 e. The maximum atomic E-state index is 13.9.